The first-order valence-corrected chi connectivity index (χ1v) is 16.1. The van der Waals surface area contributed by atoms with Crippen molar-refractivity contribution in [3.05, 3.63) is 94.5 Å². The molecule has 0 bridgehead atoms. The topological polar surface area (TPSA) is 61.5 Å². The number of hydrogen-bond donors (Lipinski definition) is 2. The zero-order valence-corrected chi connectivity index (χ0v) is 28.1. The summed E-state index contributed by atoms with van der Waals surface area (Å²) in [5, 5.41) is 25.0. The van der Waals surface area contributed by atoms with Gasteiger partial charge in [-0.25, -0.2) is 4.98 Å². The maximum atomic E-state index is 12.7. The molecule has 0 radical (unpaired) electrons. The first-order valence-electron chi connectivity index (χ1n) is 16.1. The minimum absolute atomic E-state index is 0.0482. The molecule has 45 heavy (non-hydrogen) atoms. The SMILES string of the molecule is CN1c2cc(C(C)(C)C)ccc2-c2nc3c(O)c4c(c(O)c3n2C12c1ccccc1-c1ccccc12)C(C)(C)C(C)(C)C4(C)C. The second-order valence-electron chi connectivity index (χ2n) is 16.1. The van der Waals surface area contributed by atoms with Crippen molar-refractivity contribution in [3.63, 3.8) is 0 Å². The number of anilines is 1. The number of imidazole rings is 1. The lowest BCUT2D eigenvalue weighted by Gasteiger charge is -2.48. The van der Waals surface area contributed by atoms with Gasteiger partial charge in [-0.1, -0.05) is 117 Å². The molecule has 5 aromatic rings. The molecular weight excluding hydrogens is 554 g/mol. The molecule has 0 saturated heterocycles. The largest absolute Gasteiger partial charge is 0.505 e. The van der Waals surface area contributed by atoms with E-state index < -0.39 is 16.5 Å². The van der Waals surface area contributed by atoms with E-state index in [1.807, 2.05) is 0 Å². The number of fused-ring (bicyclic) bond motifs is 12. The number of phenols is 2. The van der Waals surface area contributed by atoms with Crippen LogP contribution < -0.4 is 4.90 Å². The van der Waals surface area contributed by atoms with Gasteiger partial charge in [-0.2, -0.15) is 0 Å². The summed E-state index contributed by atoms with van der Waals surface area (Å²) in [5.41, 5.74) is 8.52. The number of aromatic hydroxyl groups is 2. The second kappa shape index (κ2) is 8.12. The number of hydrogen-bond acceptors (Lipinski definition) is 4. The van der Waals surface area contributed by atoms with E-state index in [1.165, 1.54) is 5.56 Å². The summed E-state index contributed by atoms with van der Waals surface area (Å²) in [4.78, 5) is 7.69. The molecule has 0 saturated carbocycles. The second-order valence-corrected chi connectivity index (χ2v) is 16.1. The van der Waals surface area contributed by atoms with Crippen LogP contribution in [-0.4, -0.2) is 26.8 Å². The molecule has 0 fully saturated rings. The van der Waals surface area contributed by atoms with E-state index >= 15 is 0 Å². The molecule has 0 amide bonds. The Hall–Kier alpha value is -4.25. The average molecular weight is 598 g/mol. The lowest BCUT2D eigenvalue weighted by molar-refractivity contribution is 0.123. The van der Waals surface area contributed by atoms with Crippen LogP contribution in [0.1, 0.15) is 90.1 Å². The Kier molecular flexibility index (Phi) is 5.09. The molecule has 2 aliphatic carbocycles. The maximum absolute atomic E-state index is 12.7. The molecule has 5 nitrogen and oxygen atoms in total. The van der Waals surface area contributed by atoms with Gasteiger partial charge in [-0.3, -0.25) is 4.57 Å². The molecule has 2 heterocycles. The average Bonchev–Trinajstić information content (AvgIpc) is 3.56. The van der Waals surface area contributed by atoms with E-state index in [2.05, 4.69) is 146 Å². The molecule has 0 atom stereocenters. The Bertz CT molecular complexity index is 2080. The summed E-state index contributed by atoms with van der Waals surface area (Å²) in [6, 6.07) is 23.9. The standard InChI is InChI=1S/C40H43N3O2/c1-36(2,3)22-19-20-25-28(21-22)42(10)40(26-17-13-11-15-23(26)24-16-12-14-18-27(24)40)43-32-31(41-35(25)43)33(44)29-30(34(32)45)38(6,7)39(8,9)37(29,4)5/h11-21,44-45H,1-10H3. The first-order chi connectivity index (χ1) is 21.0. The van der Waals surface area contributed by atoms with E-state index in [9.17, 15) is 10.2 Å². The van der Waals surface area contributed by atoms with Gasteiger partial charge in [0.25, 0.3) is 0 Å². The van der Waals surface area contributed by atoms with Crippen molar-refractivity contribution in [1.29, 1.82) is 0 Å². The van der Waals surface area contributed by atoms with Crippen LogP contribution >= 0.6 is 0 Å². The zero-order valence-electron chi connectivity index (χ0n) is 28.1. The number of benzene rings is 4. The van der Waals surface area contributed by atoms with Gasteiger partial charge >= 0.3 is 0 Å². The Morgan fingerprint density at radius 2 is 1.22 bits per heavy atom. The maximum Gasteiger partial charge on any atom is 0.173 e. The van der Waals surface area contributed by atoms with Crippen molar-refractivity contribution < 1.29 is 10.2 Å². The molecule has 0 unspecified atom stereocenters. The van der Waals surface area contributed by atoms with Crippen LogP contribution in [0.4, 0.5) is 5.69 Å². The smallest absolute Gasteiger partial charge is 0.173 e. The number of rotatable bonds is 0. The van der Waals surface area contributed by atoms with Crippen LogP contribution in [0.25, 0.3) is 33.5 Å². The zero-order chi connectivity index (χ0) is 32.2. The van der Waals surface area contributed by atoms with Gasteiger partial charge in [-0.05, 0) is 50.5 Å². The summed E-state index contributed by atoms with van der Waals surface area (Å²) in [5.74, 6) is 1.13. The predicted octanol–water partition coefficient (Wildman–Crippen LogP) is 9.19. The van der Waals surface area contributed by atoms with E-state index in [4.69, 9.17) is 4.98 Å². The third kappa shape index (κ3) is 2.94. The van der Waals surface area contributed by atoms with Crippen LogP contribution in [-0.2, 0) is 21.9 Å². The van der Waals surface area contributed by atoms with Crippen LogP contribution in [0, 0.1) is 5.41 Å². The Balaban J connectivity index is 1.62. The van der Waals surface area contributed by atoms with Gasteiger partial charge < -0.3 is 15.1 Å². The van der Waals surface area contributed by atoms with E-state index in [0.29, 0.717) is 11.0 Å². The van der Waals surface area contributed by atoms with Gasteiger partial charge in [0.15, 0.2) is 5.66 Å². The predicted molar refractivity (Wildman–Crippen MR) is 183 cm³/mol. The normalized spacial score (nSPS) is 19.3. The summed E-state index contributed by atoms with van der Waals surface area (Å²) < 4.78 is 2.23. The highest BCUT2D eigenvalue weighted by Crippen LogP contribution is 2.68. The number of phenolic OH excluding ortho intramolecular Hbond substituents is 2. The monoisotopic (exact) mass is 597 g/mol. The fourth-order valence-corrected chi connectivity index (χ4v) is 8.98. The van der Waals surface area contributed by atoms with Gasteiger partial charge in [0.05, 0.1) is 5.69 Å². The lowest BCUT2D eigenvalue weighted by Crippen LogP contribution is -2.52. The van der Waals surface area contributed by atoms with Gasteiger partial charge in [0, 0.05) is 34.9 Å². The van der Waals surface area contributed by atoms with Crippen molar-refractivity contribution in [2.75, 3.05) is 11.9 Å². The summed E-state index contributed by atoms with van der Waals surface area (Å²) in [6.07, 6.45) is 0. The third-order valence-corrected chi connectivity index (χ3v) is 12.6. The van der Waals surface area contributed by atoms with Crippen molar-refractivity contribution in [2.45, 2.75) is 84.2 Å². The summed E-state index contributed by atoms with van der Waals surface area (Å²) >= 11 is 0. The number of aromatic nitrogens is 2. The van der Waals surface area contributed by atoms with Crippen LogP contribution in [0.2, 0.25) is 0 Å². The molecular formula is C40H43N3O2. The van der Waals surface area contributed by atoms with Gasteiger partial charge in [0.2, 0.25) is 0 Å². The quantitative estimate of drug-likeness (QED) is 0.175. The molecule has 1 aromatic heterocycles. The van der Waals surface area contributed by atoms with Crippen molar-refractivity contribution in [2.24, 2.45) is 5.41 Å². The van der Waals surface area contributed by atoms with Crippen LogP contribution in [0.3, 0.4) is 0 Å². The fraction of sp³-hybridized carbons (Fsp3) is 0.375. The van der Waals surface area contributed by atoms with Crippen LogP contribution in [0.15, 0.2) is 66.7 Å². The van der Waals surface area contributed by atoms with Crippen LogP contribution in [0.5, 0.6) is 11.5 Å². The van der Waals surface area contributed by atoms with Crippen molar-refractivity contribution in [3.8, 4) is 34.0 Å². The minimum Gasteiger partial charge on any atom is -0.505 e. The first kappa shape index (κ1) is 28.2. The fourth-order valence-electron chi connectivity index (χ4n) is 8.98. The molecule has 5 heteroatoms. The lowest BCUT2D eigenvalue weighted by atomic mass is 9.59. The van der Waals surface area contributed by atoms with E-state index in [1.54, 1.807) is 0 Å². The molecule has 4 aromatic carbocycles. The highest BCUT2D eigenvalue weighted by Gasteiger charge is 2.61. The molecule has 2 N–H and O–H groups in total. The minimum atomic E-state index is -0.854. The Labute approximate surface area is 266 Å². The van der Waals surface area contributed by atoms with Crippen molar-refractivity contribution >= 4 is 16.7 Å². The van der Waals surface area contributed by atoms with Crippen molar-refractivity contribution in [1.82, 2.24) is 9.55 Å². The number of nitrogens with zero attached hydrogens (tertiary/aromatic N) is 3. The third-order valence-electron chi connectivity index (χ3n) is 12.6. The molecule has 3 aliphatic rings. The molecule has 230 valence electrons. The molecule has 8 rings (SSSR count). The van der Waals surface area contributed by atoms with Gasteiger partial charge in [0.1, 0.15) is 28.4 Å². The van der Waals surface area contributed by atoms with E-state index in [-0.39, 0.29) is 22.3 Å². The van der Waals surface area contributed by atoms with E-state index in [0.717, 1.165) is 50.5 Å². The molecule has 1 aliphatic heterocycles. The summed E-state index contributed by atoms with van der Waals surface area (Å²) in [6.45, 7) is 20.0. The Morgan fingerprint density at radius 3 is 1.78 bits per heavy atom. The molecule has 1 spiro atoms. The van der Waals surface area contributed by atoms with Gasteiger partial charge in [-0.15, -0.1) is 0 Å². The summed E-state index contributed by atoms with van der Waals surface area (Å²) in [7, 11) is 2.17. The highest BCUT2D eigenvalue weighted by atomic mass is 16.3. The highest BCUT2D eigenvalue weighted by molar-refractivity contribution is 5.99. The Morgan fingerprint density at radius 1 is 0.689 bits per heavy atom.